The van der Waals surface area contributed by atoms with E-state index in [1.54, 1.807) is 11.1 Å². The Bertz CT molecular complexity index is 1170. The molecule has 0 bridgehead atoms. The zero-order valence-corrected chi connectivity index (χ0v) is 25.6. The molecule has 2 atom stereocenters. The second-order valence-corrected chi connectivity index (χ2v) is 18.2. The van der Waals surface area contributed by atoms with Crippen LogP contribution < -0.4 is 0 Å². The number of fused-ring (bicyclic) bond motifs is 2. The van der Waals surface area contributed by atoms with Crippen LogP contribution in [-0.4, -0.2) is 8.07 Å². The van der Waals surface area contributed by atoms with E-state index >= 15 is 0 Å². The molecule has 0 radical (unpaired) electrons. The van der Waals surface area contributed by atoms with Crippen LogP contribution >= 0.6 is 23.2 Å². The Morgan fingerprint density at radius 1 is 0.568 bits per heavy atom. The topological polar surface area (TPSA) is 0 Å². The summed E-state index contributed by atoms with van der Waals surface area (Å²) in [6, 6.07) is 14.0. The summed E-state index contributed by atoms with van der Waals surface area (Å²) in [4.78, 5) is 0. The predicted octanol–water partition coefficient (Wildman–Crippen LogP) is 11.3. The minimum atomic E-state index is -2.17. The number of aryl methyl sites for hydroxylation is 2. The minimum Gasteiger partial charge on any atom is -0.0837 e. The van der Waals surface area contributed by atoms with E-state index in [4.69, 9.17) is 23.2 Å². The van der Waals surface area contributed by atoms with Crippen molar-refractivity contribution in [2.75, 3.05) is 0 Å². The van der Waals surface area contributed by atoms with Gasteiger partial charge in [0.2, 0.25) is 0 Å². The first kappa shape index (κ1) is 26.0. The summed E-state index contributed by atoms with van der Waals surface area (Å²) in [5, 5.41) is 2.11. The van der Waals surface area contributed by atoms with Crippen molar-refractivity contribution in [3.63, 3.8) is 0 Å². The van der Waals surface area contributed by atoms with E-state index in [2.05, 4.69) is 64.1 Å². The highest BCUT2D eigenvalue weighted by Gasteiger charge is 2.61. The molecule has 3 heteroatoms. The maximum Gasteiger partial charge on any atom is 0.0843 e. The van der Waals surface area contributed by atoms with Gasteiger partial charge in [0.1, 0.15) is 0 Å². The number of benzene rings is 2. The summed E-state index contributed by atoms with van der Waals surface area (Å²) in [5.74, 6) is 0. The fraction of sp³-hybridized carbons (Fsp3) is 0.529. The van der Waals surface area contributed by atoms with Gasteiger partial charge in [0.25, 0.3) is 0 Å². The van der Waals surface area contributed by atoms with Crippen molar-refractivity contribution >= 4 is 41.3 Å². The maximum atomic E-state index is 7.34. The summed E-state index contributed by atoms with van der Waals surface area (Å²) in [6.07, 6.45) is 13.9. The van der Waals surface area contributed by atoms with E-state index in [1.807, 2.05) is 0 Å². The van der Waals surface area contributed by atoms with Crippen molar-refractivity contribution < 1.29 is 0 Å². The Labute approximate surface area is 235 Å². The molecule has 2 saturated carbocycles. The molecule has 2 fully saturated rings. The fourth-order valence-corrected chi connectivity index (χ4v) is 19.5. The third-order valence-corrected chi connectivity index (χ3v) is 19.3. The third kappa shape index (κ3) is 3.81. The van der Waals surface area contributed by atoms with Crippen LogP contribution in [0.25, 0.3) is 10.1 Å². The Balaban J connectivity index is 1.69. The molecule has 0 saturated heterocycles. The molecule has 4 aliphatic carbocycles. The van der Waals surface area contributed by atoms with Crippen molar-refractivity contribution in [3.05, 3.63) is 80.9 Å². The first-order chi connectivity index (χ1) is 17.9. The van der Waals surface area contributed by atoms with E-state index in [-0.39, 0.29) is 0 Å². The molecule has 0 heterocycles. The number of rotatable bonds is 4. The first-order valence-electron chi connectivity index (χ1n) is 14.8. The van der Waals surface area contributed by atoms with E-state index in [9.17, 15) is 0 Å². The van der Waals surface area contributed by atoms with Crippen molar-refractivity contribution in [2.45, 2.75) is 114 Å². The van der Waals surface area contributed by atoms with Crippen LogP contribution in [0.15, 0.2) is 47.5 Å². The third-order valence-electron chi connectivity index (χ3n) is 10.9. The molecule has 0 spiro atoms. The highest BCUT2D eigenvalue weighted by molar-refractivity contribution is 6.87. The molecule has 0 aliphatic heterocycles. The molecule has 4 aliphatic rings. The minimum absolute atomic E-state index is 0.483. The molecule has 2 aromatic carbocycles. The van der Waals surface area contributed by atoms with Gasteiger partial charge < -0.3 is 0 Å². The standard InChI is InChI=1S/C34H42Cl2Si/c1-21-13-11-19-27-29(21)31(35)23(3)33(27)37(25-15-7-5-8-16-25,26-17-9-6-10-18-26)34-24(4)32(36)30-22(2)14-12-20-28(30)34/h11-14,19-20,25-26,33-34H,5-10,15-18H2,1-4H3. The summed E-state index contributed by atoms with van der Waals surface area (Å²) < 4.78 is 0. The largest absolute Gasteiger partial charge is 0.0843 e. The highest BCUT2D eigenvalue weighted by Crippen LogP contribution is 2.67. The molecule has 196 valence electrons. The van der Waals surface area contributed by atoms with Crippen LogP contribution in [0.4, 0.5) is 0 Å². The van der Waals surface area contributed by atoms with Gasteiger partial charge in [-0.05, 0) is 83.3 Å². The van der Waals surface area contributed by atoms with E-state index in [1.165, 1.54) is 97.6 Å². The lowest BCUT2D eigenvalue weighted by molar-refractivity contribution is 0.439. The van der Waals surface area contributed by atoms with Crippen LogP contribution in [0.3, 0.4) is 0 Å². The van der Waals surface area contributed by atoms with E-state index in [0.29, 0.717) is 11.1 Å². The van der Waals surface area contributed by atoms with Crippen LogP contribution in [0, 0.1) is 13.8 Å². The smallest absolute Gasteiger partial charge is 0.0837 e. The normalized spacial score (nSPS) is 25.1. The van der Waals surface area contributed by atoms with Gasteiger partial charge >= 0.3 is 0 Å². The lowest BCUT2D eigenvalue weighted by Crippen LogP contribution is -2.57. The van der Waals surface area contributed by atoms with E-state index < -0.39 is 8.07 Å². The average molecular weight is 550 g/mol. The second-order valence-electron chi connectivity index (χ2n) is 12.6. The monoisotopic (exact) mass is 548 g/mol. The van der Waals surface area contributed by atoms with Gasteiger partial charge in [-0.25, -0.2) is 0 Å². The molecule has 0 nitrogen and oxygen atoms in total. The van der Waals surface area contributed by atoms with Gasteiger partial charge in [-0.15, -0.1) is 0 Å². The summed E-state index contributed by atoms with van der Waals surface area (Å²) in [7, 11) is -2.17. The van der Waals surface area contributed by atoms with Gasteiger partial charge in [-0.1, -0.05) is 124 Å². The van der Waals surface area contributed by atoms with Crippen molar-refractivity contribution in [3.8, 4) is 0 Å². The van der Waals surface area contributed by atoms with Crippen molar-refractivity contribution in [1.29, 1.82) is 0 Å². The molecule has 0 N–H and O–H groups in total. The number of allylic oxidation sites excluding steroid dienone is 2. The number of hydrogen-bond donors (Lipinski definition) is 0. The summed E-state index contributed by atoms with van der Waals surface area (Å²) in [6.45, 7) is 9.31. The molecule has 2 aromatic rings. The Morgan fingerprint density at radius 3 is 1.32 bits per heavy atom. The molecule has 0 aromatic heterocycles. The molecule has 6 rings (SSSR count). The lowest BCUT2D eigenvalue weighted by atomic mass is 9.99. The number of hydrogen-bond acceptors (Lipinski definition) is 0. The Hall–Kier alpha value is -1.28. The van der Waals surface area contributed by atoms with Gasteiger partial charge in [0.05, 0.1) is 8.07 Å². The lowest BCUT2D eigenvalue weighted by Gasteiger charge is -2.56. The first-order valence-corrected chi connectivity index (χ1v) is 17.9. The summed E-state index contributed by atoms with van der Waals surface area (Å²) in [5.41, 5.74) is 14.0. The molecule has 2 unspecified atom stereocenters. The molecular weight excluding hydrogens is 507 g/mol. The molecule has 37 heavy (non-hydrogen) atoms. The maximum absolute atomic E-state index is 7.34. The Morgan fingerprint density at radius 2 is 0.946 bits per heavy atom. The predicted molar refractivity (Wildman–Crippen MR) is 164 cm³/mol. The SMILES string of the molecule is CC1=C(Cl)c2c(C)cccc2C1[Si](C1CCCCC1)(C1CCCCC1)C1C(C)=C(Cl)c2c(C)cccc21. The summed E-state index contributed by atoms with van der Waals surface area (Å²) >= 11 is 14.7. The van der Waals surface area contributed by atoms with Crippen LogP contribution in [-0.2, 0) is 0 Å². The fourth-order valence-electron chi connectivity index (χ4n) is 9.51. The zero-order valence-electron chi connectivity index (χ0n) is 23.1. The second kappa shape index (κ2) is 10.0. The van der Waals surface area contributed by atoms with Crippen LogP contribution in [0.2, 0.25) is 11.1 Å². The zero-order chi connectivity index (χ0) is 25.9. The highest BCUT2D eigenvalue weighted by atomic mass is 35.5. The van der Waals surface area contributed by atoms with Gasteiger partial charge in [0.15, 0.2) is 0 Å². The molecular formula is C34H42Cl2Si. The van der Waals surface area contributed by atoms with Gasteiger partial charge in [-0.2, -0.15) is 0 Å². The number of halogens is 2. The van der Waals surface area contributed by atoms with Crippen molar-refractivity contribution in [2.24, 2.45) is 0 Å². The Kier molecular flexibility index (Phi) is 7.04. The van der Waals surface area contributed by atoms with E-state index in [0.717, 1.165) is 21.1 Å². The van der Waals surface area contributed by atoms with Crippen molar-refractivity contribution in [1.82, 2.24) is 0 Å². The quantitative estimate of drug-likeness (QED) is 0.333. The molecule has 0 amide bonds. The average Bonchev–Trinajstić information content (AvgIpc) is 3.33. The van der Waals surface area contributed by atoms with Crippen LogP contribution in [0.1, 0.15) is 123 Å². The van der Waals surface area contributed by atoms with Gasteiger partial charge in [-0.3, -0.25) is 0 Å². The van der Waals surface area contributed by atoms with Gasteiger partial charge in [0, 0.05) is 21.1 Å². The van der Waals surface area contributed by atoms with Crippen LogP contribution in [0.5, 0.6) is 0 Å².